The molecule has 0 spiro atoms. The normalized spacial score (nSPS) is 17.2. The zero-order chi connectivity index (χ0) is 21.9. The first-order valence-electron chi connectivity index (χ1n) is 11.1. The summed E-state index contributed by atoms with van der Waals surface area (Å²) < 4.78 is 11.6. The molecular weight excluding hydrogens is 422 g/mol. The van der Waals surface area contributed by atoms with Crippen LogP contribution in [0.4, 0.5) is 5.95 Å². The summed E-state index contributed by atoms with van der Waals surface area (Å²) >= 11 is 1.80. The standard InChI is InChI=1S/C24H29N5O2S/c1-27-11-13-29(14-12-27)24-25-22-9-10-28(16-20-4-3-15-32-20)17-21(22)23(26-24)31-19-7-5-18(30-2)6-8-19/h3-8,15H,9-14,16-17H2,1-2H3. The van der Waals surface area contributed by atoms with Gasteiger partial charge in [0.05, 0.1) is 18.4 Å². The van der Waals surface area contributed by atoms with E-state index in [1.54, 1.807) is 18.4 Å². The fourth-order valence-corrected chi connectivity index (χ4v) is 4.92. The Labute approximate surface area is 193 Å². The maximum absolute atomic E-state index is 6.34. The molecule has 2 aliphatic heterocycles. The van der Waals surface area contributed by atoms with E-state index in [9.17, 15) is 0 Å². The smallest absolute Gasteiger partial charge is 0.228 e. The molecule has 0 aliphatic carbocycles. The fraction of sp³-hybridized carbons (Fsp3) is 0.417. The summed E-state index contributed by atoms with van der Waals surface area (Å²) in [4.78, 5) is 18.4. The topological polar surface area (TPSA) is 54.0 Å². The number of rotatable bonds is 6. The zero-order valence-corrected chi connectivity index (χ0v) is 19.5. The third kappa shape index (κ3) is 4.72. The summed E-state index contributed by atoms with van der Waals surface area (Å²) in [5.41, 5.74) is 2.21. The summed E-state index contributed by atoms with van der Waals surface area (Å²) in [6.45, 7) is 6.63. The van der Waals surface area contributed by atoms with Crippen LogP contribution in [0.2, 0.25) is 0 Å². The lowest BCUT2D eigenvalue weighted by atomic mass is 10.1. The maximum atomic E-state index is 6.34. The molecule has 4 heterocycles. The lowest BCUT2D eigenvalue weighted by Gasteiger charge is -2.34. The quantitative estimate of drug-likeness (QED) is 0.567. The second kappa shape index (κ2) is 9.44. The number of aromatic nitrogens is 2. The van der Waals surface area contributed by atoms with Crippen molar-refractivity contribution in [3.8, 4) is 17.4 Å². The summed E-state index contributed by atoms with van der Waals surface area (Å²) in [5.74, 6) is 3.02. The number of anilines is 1. The van der Waals surface area contributed by atoms with Gasteiger partial charge in [-0.2, -0.15) is 4.98 Å². The van der Waals surface area contributed by atoms with Gasteiger partial charge in [-0.25, -0.2) is 4.98 Å². The third-order valence-electron chi connectivity index (χ3n) is 6.11. The van der Waals surface area contributed by atoms with Crippen LogP contribution in [0.3, 0.4) is 0 Å². The van der Waals surface area contributed by atoms with Gasteiger partial charge in [-0.15, -0.1) is 11.3 Å². The zero-order valence-electron chi connectivity index (χ0n) is 18.7. The highest BCUT2D eigenvalue weighted by Gasteiger charge is 2.26. The first-order valence-corrected chi connectivity index (χ1v) is 12.0. The number of likely N-dealkylation sites (N-methyl/N-ethyl adjacent to an activating group) is 1. The van der Waals surface area contributed by atoms with Gasteiger partial charge in [0.1, 0.15) is 11.5 Å². The van der Waals surface area contributed by atoms with E-state index >= 15 is 0 Å². The maximum Gasteiger partial charge on any atom is 0.228 e. The van der Waals surface area contributed by atoms with Gasteiger partial charge in [-0.05, 0) is 42.8 Å². The third-order valence-corrected chi connectivity index (χ3v) is 6.97. The Balaban J connectivity index is 1.44. The van der Waals surface area contributed by atoms with Crippen molar-refractivity contribution < 1.29 is 9.47 Å². The summed E-state index contributed by atoms with van der Waals surface area (Å²) in [5, 5.41) is 2.14. The number of benzene rings is 1. The first kappa shape index (κ1) is 21.2. The van der Waals surface area contributed by atoms with E-state index < -0.39 is 0 Å². The van der Waals surface area contributed by atoms with E-state index in [-0.39, 0.29) is 0 Å². The highest BCUT2D eigenvalue weighted by Crippen LogP contribution is 2.33. The van der Waals surface area contributed by atoms with Gasteiger partial charge in [0.25, 0.3) is 0 Å². The van der Waals surface area contributed by atoms with Crippen LogP contribution in [0.15, 0.2) is 41.8 Å². The second-order valence-corrected chi connectivity index (χ2v) is 9.39. The Morgan fingerprint density at radius 2 is 1.75 bits per heavy atom. The predicted molar refractivity (Wildman–Crippen MR) is 127 cm³/mol. The molecule has 1 aromatic carbocycles. The molecule has 0 N–H and O–H groups in total. The Kier molecular flexibility index (Phi) is 6.25. The number of nitrogens with zero attached hydrogens (tertiary/aromatic N) is 5. The minimum Gasteiger partial charge on any atom is -0.497 e. The molecule has 168 valence electrons. The molecule has 0 unspecified atom stereocenters. The number of ether oxygens (including phenoxy) is 2. The van der Waals surface area contributed by atoms with Crippen molar-refractivity contribution in [2.24, 2.45) is 0 Å². The van der Waals surface area contributed by atoms with E-state index in [4.69, 9.17) is 19.4 Å². The highest BCUT2D eigenvalue weighted by molar-refractivity contribution is 7.09. The van der Waals surface area contributed by atoms with Crippen LogP contribution in [-0.4, -0.2) is 66.6 Å². The lowest BCUT2D eigenvalue weighted by Crippen LogP contribution is -2.45. The van der Waals surface area contributed by atoms with Crippen molar-refractivity contribution in [3.05, 3.63) is 57.9 Å². The molecule has 0 saturated carbocycles. The van der Waals surface area contributed by atoms with Crippen molar-refractivity contribution in [2.75, 3.05) is 51.8 Å². The number of hydrogen-bond acceptors (Lipinski definition) is 8. The Morgan fingerprint density at radius 3 is 2.47 bits per heavy atom. The number of methoxy groups -OCH3 is 1. The van der Waals surface area contributed by atoms with Crippen molar-refractivity contribution in [3.63, 3.8) is 0 Å². The molecule has 32 heavy (non-hydrogen) atoms. The van der Waals surface area contributed by atoms with Gasteiger partial charge in [-0.1, -0.05) is 6.07 Å². The van der Waals surface area contributed by atoms with Gasteiger partial charge in [0, 0.05) is 57.1 Å². The number of fused-ring (bicyclic) bond motifs is 1. The van der Waals surface area contributed by atoms with Gasteiger partial charge in [-0.3, -0.25) is 4.90 Å². The lowest BCUT2D eigenvalue weighted by molar-refractivity contribution is 0.240. The van der Waals surface area contributed by atoms with Crippen LogP contribution in [-0.2, 0) is 19.5 Å². The van der Waals surface area contributed by atoms with E-state index in [0.717, 1.165) is 80.9 Å². The van der Waals surface area contributed by atoms with Gasteiger partial charge in [0.2, 0.25) is 11.8 Å². The molecule has 1 saturated heterocycles. The molecule has 0 bridgehead atoms. The van der Waals surface area contributed by atoms with Gasteiger partial charge < -0.3 is 19.3 Å². The van der Waals surface area contributed by atoms with Gasteiger partial charge >= 0.3 is 0 Å². The SMILES string of the molecule is COc1ccc(Oc2nc(N3CCN(C)CC3)nc3c2CN(Cc2cccs2)CC3)cc1. The number of thiophene rings is 1. The van der Waals surface area contributed by atoms with Crippen LogP contribution in [0.5, 0.6) is 17.4 Å². The predicted octanol–water partition coefficient (Wildman–Crippen LogP) is 3.65. The fourth-order valence-electron chi connectivity index (χ4n) is 4.17. The molecule has 0 radical (unpaired) electrons. The molecule has 0 amide bonds. The molecular formula is C24H29N5O2S. The molecule has 5 rings (SSSR count). The summed E-state index contributed by atoms with van der Waals surface area (Å²) in [6.07, 6.45) is 0.906. The Hall–Kier alpha value is -2.68. The van der Waals surface area contributed by atoms with Crippen LogP contribution < -0.4 is 14.4 Å². The average molecular weight is 452 g/mol. The van der Waals surface area contributed by atoms with E-state index in [1.807, 2.05) is 24.3 Å². The van der Waals surface area contributed by atoms with E-state index in [0.29, 0.717) is 5.88 Å². The van der Waals surface area contributed by atoms with Crippen LogP contribution >= 0.6 is 11.3 Å². The number of hydrogen-bond donors (Lipinski definition) is 0. The highest BCUT2D eigenvalue weighted by atomic mass is 32.1. The van der Waals surface area contributed by atoms with Crippen molar-refractivity contribution in [2.45, 2.75) is 19.5 Å². The van der Waals surface area contributed by atoms with Crippen molar-refractivity contribution >= 4 is 17.3 Å². The average Bonchev–Trinajstić information content (AvgIpc) is 3.33. The van der Waals surface area contributed by atoms with Crippen molar-refractivity contribution in [1.29, 1.82) is 0 Å². The molecule has 0 atom stereocenters. The Morgan fingerprint density at radius 1 is 0.969 bits per heavy atom. The first-order chi connectivity index (χ1) is 15.7. The largest absolute Gasteiger partial charge is 0.497 e. The molecule has 7 nitrogen and oxygen atoms in total. The summed E-state index contributed by atoms with van der Waals surface area (Å²) in [6, 6.07) is 12.0. The summed E-state index contributed by atoms with van der Waals surface area (Å²) in [7, 11) is 3.83. The van der Waals surface area contributed by atoms with Crippen LogP contribution in [0.25, 0.3) is 0 Å². The molecule has 3 aromatic rings. The van der Waals surface area contributed by atoms with Crippen molar-refractivity contribution in [1.82, 2.24) is 19.8 Å². The Bertz CT molecular complexity index is 1030. The van der Waals surface area contributed by atoms with E-state index in [2.05, 4.69) is 39.3 Å². The molecule has 2 aliphatic rings. The van der Waals surface area contributed by atoms with E-state index in [1.165, 1.54) is 4.88 Å². The molecule has 1 fully saturated rings. The minimum atomic E-state index is 0.671. The molecule has 8 heteroatoms. The second-order valence-electron chi connectivity index (χ2n) is 8.36. The number of piperazine rings is 1. The minimum absolute atomic E-state index is 0.671. The van der Waals surface area contributed by atoms with Gasteiger partial charge in [0.15, 0.2) is 0 Å². The molecule has 2 aromatic heterocycles. The monoisotopic (exact) mass is 451 g/mol. The van der Waals surface area contributed by atoms with Crippen LogP contribution in [0, 0.1) is 0 Å². The van der Waals surface area contributed by atoms with Crippen LogP contribution in [0.1, 0.15) is 16.1 Å².